The van der Waals surface area contributed by atoms with Crippen molar-refractivity contribution in [2.45, 2.75) is 59.3 Å². The van der Waals surface area contributed by atoms with E-state index in [1.165, 1.54) is 16.7 Å². The van der Waals surface area contributed by atoms with Crippen LogP contribution in [0.25, 0.3) is 0 Å². The van der Waals surface area contributed by atoms with Crippen molar-refractivity contribution in [1.82, 2.24) is 0 Å². The van der Waals surface area contributed by atoms with Crippen LogP contribution in [0.15, 0.2) is 48.5 Å². The van der Waals surface area contributed by atoms with E-state index in [2.05, 4.69) is 66.7 Å². The summed E-state index contributed by atoms with van der Waals surface area (Å²) < 4.78 is 0. The van der Waals surface area contributed by atoms with Crippen molar-refractivity contribution in [3.05, 3.63) is 65.2 Å². The van der Waals surface area contributed by atoms with Gasteiger partial charge in [-0.25, -0.2) is 0 Å². The van der Waals surface area contributed by atoms with Crippen LogP contribution in [-0.4, -0.2) is 5.11 Å². The van der Waals surface area contributed by atoms with Gasteiger partial charge in [0.05, 0.1) is 0 Å². The first kappa shape index (κ1) is 18.3. The molecule has 0 aliphatic rings. The van der Waals surface area contributed by atoms with E-state index in [4.69, 9.17) is 5.11 Å². The summed E-state index contributed by atoms with van der Waals surface area (Å²) in [5, 5.41) is 8.63. The fraction of sp³-hybridized carbons (Fsp3) is 0.429. The lowest BCUT2D eigenvalue weighted by Gasteiger charge is -2.25. The Labute approximate surface area is 136 Å². The maximum Gasteiger partial charge on any atom is 0.115 e. The third kappa shape index (κ3) is 5.93. The first-order valence-corrected chi connectivity index (χ1v) is 7.87. The average Bonchev–Trinajstić information content (AvgIpc) is 2.37. The molecule has 0 aliphatic heterocycles. The van der Waals surface area contributed by atoms with Crippen LogP contribution in [0.3, 0.4) is 0 Å². The Balaban J connectivity index is 0.000000287. The van der Waals surface area contributed by atoms with Crippen molar-refractivity contribution < 1.29 is 5.11 Å². The number of hydrogen-bond donors (Lipinski definition) is 1. The fourth-order valence-electron chi connectivity index (χ4n) is 2.08. The predicted octanol–water partition coefficient (Wildman–Crippen LogP) is 5.98. The minimum absolute atomic E-state index is 0.242. The van der Waals surface area contributed by atoms with Crippen LogP contribution in [0.5, 0.6) is 5.75 Å². The van der Waals surface area contributed by atoms with E-state index in [9.17, 15) is 0 Å². The van der Waals surface area contributed by atoms with Crippen LogP contribution in [0.4, 0.5) is 0 Å². The lowest BCUT2D eigenvalue weighted by molar-refractivity contribution is 0.475. The molecule has 0 spiro atoms. The zero-order valence-electron chi connectivity index (χ0n) is 15.1. The summed E-state index contributed by atoms with van der Waals surface area (Å²) >= 11 is 0. The van der Waals surface area contributed by atoms with Gasteiger partial charge in [-0.05, 0) is 41.0 Å². The lowest BCUT2D eigenvalue weighted by Crippen LogP contribution is -2.16. The first-order valence-electron chi connectivity index (χ1n) is 7.87. The summed E-state index contributed by atoms with van der Waals surface area (Å²) in [5.74, 6) is 0.322. The van der Waals surface area contributed by atoms with Crippen molar-refractivity contribution in [2.75, 3.05) is 0 Å². The molecule has 0 atom stereocenters. The Morgan fingerprint density at radius 1 is 0.682 bits per heavy atom. The smallest absolute Gasteiger partial charge is 0.115 e. The average molecular weight is 298 g/mol. The second-order valence-electron chi connectivity index (χ2n) is 7.92. The number of hydrogen-bond acceptors (Lipinski definition) is 1. The number of para-hydroxylation sites is 1. The minimum Gasteiger partial charge on any atom is -0.508 e. The highest BCUT2D eigenvalue weighted by molar-refractivity contribution is 5.36. The van der Waals surface area contributed by atoms with E-state index in [-0.39, 0.29) is 10.8 Å². The second kappa shape index (κ2) is 7.00. The van der Waals surface area contributed by atoms with Gasteiger partial charge in [0.1, 0.15) is 5.75 Å². The van der Waals surface area contributed by atoms with E-state index in [0.29, 0.717) is 5.75 Å². The van der Waals surface area contributed by atoms with E-state index in [1.807, 2.05) is 6.07 Å². The Morgan fingerprint density at radius 2 is 1.09 bits per heavy atom. The zero-order chi connectivity index (χ0) is 17.0. The number of phenolic OH excluding ortho intramolecular Hbond substituents is 1. The Bertz CT molecular complexity index is 551. The quantitative estimate of drug-likeness (QED) is 0.634. The van der Waals surface area contributed by atoms with Gasteiger partial charge in [0.25, 0.3) is 0 Å². The van der Waals surface area contributed by atoms with Crippen LogP contribution >= 0.6 is 0 Å². The summed E-state index contributed by atoms with van der Waals surface area (Å²) in [6.07, 6.45) is 0. The van der Waals surface area contributed by atoms with Gasteiger partial charge in [-0.2, -0.15) is 0 Å². The SMILES string of the molecule is Cc1cc(C(C)(C)C)cc(C(C)(C)C)c1.Oc1ccccc1. The third-order valence-electron chi connectivity index (χ3n) is 3.57. The summed E-state index contributed by atoms with van der Waals surface area (Å²) in [7, 11) is 0. The van der Waals surface area contributed by atoms with Gasteiger partial charge in [0, 0.05) is 0 Å². The van der Waals surface area contributed by atoms with Crippen LogP contribution < -0.4 is 0 Å². The van der Waals surface area contributed by atoms with Gasteiger partial charge in [0.15, 0.2) is 0 Å². The van der Waals surface area contributed by atoms with E-state index in [1.54, 1.807) is 24.3 Å². The molecule has 1 heteroatoms. The van der Waals surface area contributed by atoms with Gasteiger partial charge in [-0.1, -0.05) is 83.5 Å². The molecule has 1 nitrogen and oxygen atoms in total. The van der Waals surface area contributed by atoms with Gasteiger partial charge < -0.3 is 5.11 Å². The second-order valence-corrected chi connectivity index (χ2v) is 7.92. The van der Waals surface area contributed by atoms with E-state index < -0.39 is 0 Å². The molecule has 1 N–H and O–H groups in total. The molecule has 2 aromatic rings. The van der Waals surface area contributed by atoms with Crippen LogP contribution in [0.1, 0.15) is 58.2 Å². The summed E-state index contributed by atoms with van der Waals surface area (Å²) in [5.41, 5.74) is 4.73. The maximum absolute atomic E-state index is 8.63. The van der Waals surface area contributed by atoms with Crippen molar-refractivity contribution in [3.8, 4) is 5.75 Å². The van der Waals surface area contributed by atoms with Crippen molar-refractivity contribution in [1.29, 1.82) is 0 Å². The Morgan fingerprint density at radius 3 is 1.36 bits per heavy atom. The molecule has 0 unspecified atom stereocenters. The molecule has 0 saturated heterocycles. The molecule has 0 aliphatic carbocycles. The highest BCUT2D eigenvalue weighted by Gasteiger charge is 2.19. The molecule has 2 aromatic carbocycles. The van der Waals surface area contributed by atoms with Gasteiger partial charge in [-0.3, -0.25) is 0 Å². The molecule has 0 bridgehead atoms. The molecule has 0 saturated carbocycles. The fourth-order valence-corrected chi connectivity index (χ4v) is 2.08. The third-order valence-corrected chi connectivity index (χ3v) is 3.57. The molecule has 0 aromatic heterocycles. The van der Waals surface area contributed by atoms with Crippen molar-refractivity contribution >= 4 is 0 Å². The molecular formula is C21H30O. The van der Waals surface area contributed by atoms with Crippen LogP contribution in [0.2, 0.25) is 0 Å². The summed E-state index contributed by atoms with van der Waals surface area (Å²) in [6, 6.07) is 15.7. The molecule has 0 radical (unpaired) electrons. The Hall–Kier alpha value is -1.76. The number of aromatic hydroxyl groups is 1. The predicted molar refractivity (Wildman–Crippen MR) is 96.7 cm³/mol. The zero-order valence-corrected chi connectivity index (χ0v) is 15.1. The largest absolute Gasteiger partial charge is 0.508 e. The standard InChI is InChI=1S/C15H24.C6H6O/c1-11-8-12(14(2,3)4)10-13(9-11)15(5,6)7;7-6-4-2-1-3-5-6/h8-10H,1-7H3;1-5,7H. The van der Waals surface area contributed by atoms with E-state index >= 15 is 0 Å². The topological polar surface area (TPSA) is 20.2 Å². The van der Waals surface area contributed by atoms with Gasteiger partial charge >= 0.3 is 0 Å². The number of phenols is 1. The molecule has 0 amide bonds. The Kier molecular flexibility index (Phi) is 5.82. The number of aryl methyl sites for hydroxylation is 1. The summed E-state index contributed by atoms with van der Waals surface area (Å²) in [6.45, 7) is 15.8. The highest BCUT2D eigenvalue weighted by atomic mass is 16.3. The molecular weight excluding hydrogens is 268 g/mol. The van der Waals surface area contributed by atoms with Gasteiger partial charge in [0.2, 0.25) is 0 Å². The highest BCUT2D eigenvalue weighted by Crippen LogP contribution is 2.29. The van der Waals surface area contributed by atoms with Crippen LogP contribution in [-0.2, 0) is 10.8 Å². The normalized spacial score (nSPS) is 11.6. The number of benzene rings is 2. The van der Waals surface area contributed by atoms with Crippen LogP contribution in [0, 0.1) is 6.92 Å². The minimum atomic E-state index is 0.242. The maximum atomic E-state index is 8.63. The molecule has 0 fully saturated rings. The summed E-state index contributed by atoms with van der Waals surface area (Å²) in [4.78, 5) is 0. The lowest BCUT2D eigenvalue weighted by atomic mass is 9.80. The monoisotopic (exact) mass is 298 g/mol. The van der Waals surface area contributed by atoms with E-state index in [0.717, 1.165) is 0 Å². The molecule has 120 valence electrons. The number of rotatable bonds is 0. The molecule has 2 rings (SSSR count). The molecule has 22 heavy (non-hydrogen) atoms. The molecule has 0 heterocycles. The van der Waals surface area contributed by atoms with Gasteiger partial charge in [-0.15, -0.1) is 0 Å². The first-order chi connectivity index (χ1) is 10.00. The van der Waals surface area contributed by atoms with Crippen molar-refractivity contribution in [2.24, 2.45) is 0 Å². The van der Waals surface area contributed by atoms with Crippen molar-refractivity contribution in [3.63, 3.8) is 0 Å².